The van der Waals surface area contributed by atoms with Crippen molar-refractivity contribution in [2.45, 2.75) is 13.5 Å². The van der Waals surface area contributed by atoms with Crippen molar-refractivity contribution in [3.8, 4) is 11.8 Å². The Morgan fingerprint density at radius 3 is 2.38 bits per heavy atom. The third kappa shape index (κ3) is 4.37. The van der Waals surface area contributed by atoms with Crippen LogP contribution >= 0.6 is 0 Å². The van der Waals surface area contributed by atoms with Crippen LogP contribution in [0.3, 0.4) is 0 Å². The summed E-state index contributed by atoms with van der Waals surface area (Å²) in [6.07, 6.45) is 1.82. The average molecular weight is 343 g/mol. The fraction of sp³-hybridized carbons (Fsp3) is 0.0870. The summed E-state index contributed by atoms with van der Waals surface area (Å²) in [4.78, 5) is 0. The molecule has 3 aromatic rings. The molecule has 3 aromatic carbocycles. The second-order valence-electron chi connectivity index (χ2n) is 5.99. The summed E-state index contributed by atoms with van der Waals surface area (Å²) in [5.74, 6) is 0.408. The molecule has 0 atom stereocenters. The minimum atomic E-state index is -0.270. The number of nitrogens with zero attached hydrogens (tertiary/aromatic N) is 1. The Morgan fingerprint density at radius 1 is 1.00 bits per heavy atom. The molecule has 0 saturated carbocycles. The molecular weight excluding hydrogens is 325 g/mol. The zero-order chi connectivity index (χ0) is 18.4. The van der Waals surface area contributed by atoms with Gasteiger partial charge in [0.25, 0.3) is 0 Å². The van der Waals surface area contributed by atoms with Gasteiger partial charge in [-0.25, -0.2) is 4.39 Å². The number of halogens is 1. The van der Waals surface area contributed by atoms with E-state index in [1.807, 2.05) is 61.5 Å². The van der Waals surface area contributed by atoms with Crippen LogP contribution in [0.5, 0.6) is 5.75 Å². The molecule has 128 valence electrons. The van der Waals surface area contributed by atoms with E-state index in [1.165, 1.54) is 12.1 Å². The summed E-state index contributed by atoms with van der Waals surface area (Å²) in [6, 6.07) is 23.9. The van der Waals surface area contributed by atoms with Crippen LogP contribution in [-0.2, 0) is 6.61 Å². The van der Waals surface area contributed by atoms with E-state index in [0.29, 0.717) is 17.9 Å². The van der Waals surface area contributed by atoms with Gasteiger partial charge in [0.1, 0.15) is 18.2 Å². The molecule has 0 aromatic heterocycles. The summed E-state index contributed by atoms with van der Waals surface area (Å²) in [7, 11) is 0. The quantitative estimate of drug-likeness (QED) is 0.435. The Balaban J connectivity index is 1.84. The van der Waals surface area contributed by atoms with Gasteiger partial charge in [-0.15, -0.1) is 0 Å². The van der Waals surface area contributed by atoms with Crippen LogP contribution in [0, 0.1) is 24.1 Å². The fourth-order valence-corrected chi connectivity index (χ4v) is 2.54. The molecule has 0 spiro atoms. The monoisotopic (exact) mass is 343 g/mol. The first-order valence-corrected chi connectivity index (χ1v) is 8.31. The Kier molecular flexibility index (Phi) is 5.46. The maximum absolute atomic E-state index is 13.0. The molecule has 0 unspecified atom stereocenters. The van der Waals surface area contributed by atoms with E-state index in [1.54, 1.807) is 12.1 Å². The minimum Gasteiger partial charge on any atom is -0.488 e. The molecule has 0 amide bonds. The zero-order valence-electron chi connectivity index (χ0n) is 14.4. The smallest absolute Gasteiger partial charge is 0.127 e. The van der Waals surface area contributed by atoms with Crippen LogP contribution in [0.1, 0.15) is 22.3 Å². The third-order valence-corrected chi connectivity index (χ3v) is 4.01. The van der Waals surface area contributed by atoms with Crippen LogP contribution in [0.4, 0.5) is 4.39 Å². The van der Waals surface area contributed by atoms with Crippen molar-refractivity contribution < 1.29 is 9.13 Å². The van der Waals surface area contributed by atoms with Crippen molar-refractivity contribution in [2.75, 3.05) is 0 Å². The molecule has 0 aliphatic carbocycles. The Bertz CT molecular complexity index is 951. The first-order chi connectivity index (χ1) is 12.7. The lowest BCUT2D eigenvalue weighted by Crippen LogP contribution is -1.97. The number of aryl methyl sites for hydroxylation is 1. The van der Waals surface area contributed by atoms with Gasteiger partial charge in [0.2, 0.25) is 0 Å². The summed E-state index contributed by atoms with van der Waals surface area (Å²) >= 11 is 0. The maximum atomic E-state index is 13.0. The highest BCUT2D eigenvalue weighted by Gasteiger charge is 2.06. The van der Waals surface area contributed by atoms with E-state index in [2.05, 4.69) is 6.07 Å². The van der Waals surface area contributed by atoms with Crippen LogP contribution in [-0.4, -0.2) is 0 Å². The minimum absolute atomic E-state index is 0.270. The summed E-state index contributed by atoms with van der Waals surface area (Å²) in [6.45, 7) is 2.34. The van der Waals surface area contributed by atoms with Gasteiger partial charge < -0.3 is 4.74 Å². The van der Waals surface area contributed by atoms with E-state index in [9.17, 15) is 9.65 Å². The van der Waals surface area contributed by atoms with E-state index in [-0.39, 0.29) is 5.82 Å². The van der Waals surface area contributed by atoms with Crippen molar-refractivity contribution in [1.29, 1.82) is 5.26 Å². The third-order valence-electron chi connectivity index (χ3n) is 4.01. The molecule has 0 aliphatic rings. The average Bonchev–Trinajstić information content (AvgIpc) is 2.67. The predicted octanol–water partition coefficient (Wildman–Crippen LogP) is 5.78. The predicted molar refractivity (Wildman–Crippen MR) is 102 cm³/mol. The van der Waals surface area contributed by atoms with E-state index < -0.39 is 0 Å². The summed E-state index contributed by atoms with van der Waals surface area (Å²) < 4.78 is 18.9. The Hall–Kier alpha value is -3.38. The van der Waals surface area contributed by atoms with Crippen molar-refractivity contribution in [3.05, 3.63) is 101 Å². The Morgan fingerprint density at radius 2 is 1.69 bits per heavy atom. The molecule has 0 aliphatic heterocycles. The van der Waals surface area contributed by atoms with Gasteiger partial charge in [0.15, 0.2) is 0 Å². The number of hydrogen-bond acceptors (Lipinski definition) is 2. The van der Waals surface area contributed by atoms with Gasteiger partial charge in [0.05, 0.1) is 11.6 Å². The Labute approximate surface area is 152 Å². The number of para-hydroxylation sites is 1. The van der Waals surface area contributed by atoms with Crippen LogP contribution in [0.15, 0.2) is 72.8 Å². The molecule has 0 radical (unpaired) electrons. The molecule has 0 bridgehead atoms. The maximum Gasteiger partial charge on any atom is 0.127 e. The van der Waals surface area contributed by atoms with Gasteiger partial charge in [-0.2, -0.15) is 5.26 Å². The molecule has 26 heavy (non-hydrogen) atoms. The lowest BCUT2D eigenvalue weighted by Gasteiger charge is -2.10. The van der Waals surface area contributed by atoms with Crippen LogP contribution in [0.2, 0.25) is 0 Å². The molecule has 3 heteroatoms. The van der Waals surface area contributed by atoms with Gasteiger partial charge in [-0.1, -0.05) is 60.2 Å². The topological polar surface area (TPSA) is 33.0 Å². The number of hydrogen-bond donors (Lipinski definition) is 0. The second kappa shape index (κ2) is 8.13. The zero-order valence-corrected chi connectivity index (χ0v) is 14.4. The van der Waals surface area contributed by atoms with E-state index >= 15 is 0 Å². The van der Waals surface area contributed by atoms with E-state index in [4.69, 9.17) is 4.74 Å². The lowest BCUT2D eigenvalue weighted by molar-refractivity contribution is 0.305. The SMILES string of the molecule is Cc1ccc(/C(C#N)=C\c2ccccc2OCc2ccc(F)cc2)cc1. The first-order valence-electron chi connectivity index (χ1n) is 8.31. The molecule has 0 saturated heterocycles. The first kappa shape index (κ1) is 17.4. The van der Waals surface area contributed by atoms with Crippen LogP contribution in [0.25, 0.3) is 11.6 Å². The molecule has 2 nitrogen and oxygen atoms in total. The summed E-state index contributed by atoms with van der Waals surface area (Å²) in [5.41, 5.74) is 4.29. The fourth-order valence-electron chi connectivity index (χ4n) is 2.54. The van der Waals surface area contributed by atoms with Gasteiger partial charge >= 0.3 is 0 Å². The number of nitriles is 1. The molecule has 0 heterocycles. The lowest BCUT2D eigenvalue weighted by atomic mass is 10.0. The van der Waals surface area contributed by atoms with Gasteiger partial charge in [-0.05, 0) is 42.3 Å². The number of benzene rings is 3. The number of ether oxygens (including phenoxy) is 1. The highest BCUT2D eigenvalue weighted by Crippen LogP contribution is 2.25. The molecule has 3 rings (SSSR count). The second-order valence-corrected chi connectivity index (χ2v) is 5.99. The van der Waals surface area contributed by atoms with Crippen molar-refractivity contribution in [1.82, 2.24) is 0 Å². The van der Waals surface area contributed by atoms with Gasteiger partial charge in [0, 0.05) is 5.56 Å². The van der Waals surface area contributed by atoms with Crippen molar-refractivity contribution >= 4 is 11.6 Å². The largest absolute Gasteiger partial charge is 0.488 e. The molecule has 0 N–H and O–H groups in total. The van der Waals surface area contributed by atoms with E-state index in [0.717, 1.165) is 22.3 Å². The van der Waals surface area contributed by atoms with Crippen molar-refractivity contribution in [3.63, 3.8) is 0 Å². The number of rotatable bonds is 5. The molecular formula is C23H18FNO. The van der Waals surface area contributed by atoms with Gasteiger partial charge in [-0.3, -0.25) is 0 Å². The summed E-state index contributed by atoms with van der Waals surface area (Å²) in [5, 5.41) is 9.54. The standard InChI is InChI=1S/C23H18FNO/c1-17-6-10-19(11-7-17)21(15-25)14-20-4-2-3-5-23(20)26-16-18-8-12-22(24)13-9-18/h2-14H,16H2,1H3/b21-14-. The highest BCUT2D eigenvalue weighted by molar-refractivity contribution is 5.90. The highest BCUT2D eigenvalue weighted by atomic mass is 19.1. The van der Waals surface area contributed by atoms with Crippen molar-refractivity contribution in [2.24, 2.45) is 0 Å². The normalized spacial score (nSPS) is 11.0. The number of allylic oxidation sites excluding steroid dienone is 1. The molecule has 0 fully saturated rings. The van der Waals surface area contributed by atoms with Crippen LogP contribution < -0.4 is 4.74 Å².